The molecule has 0 aliphatic heterocycles. The average Bonchev–Trinajstić information content (AvgIpc) is 2.94. The highest BCUT2D eigenvalue weighted by molar-refractivity contribution is 5.89. The van der Waals surface area contributed by atoms with Crippen LogP contribution in [-0.4, -0.2) is 61.3 Å². The number of benzene rings is 4. The molecule has 4 aromatic carbocycles. The lowest BCUT2D eigenvalue weighted by molar-refractivity contribution is 0.367. The highest BCUT2D eigenvalue weighted by atomic mass is 16.4. The molecule has 0 amide bonds. The molecule has 14 nitrogen and oxygen atoms in total. The van der Waals surface area contributed by atoms with Crippen molar-refractivity contribution in [3.05, 3.63) is 60.7 Å². The van der Waals surface area contributed by atoms with Gasteiger partial charge in [0.1, 0.15) is 33.8 Å². The SMILES string of the molecule is Oc1cc(O)c2cc(O)c(-c3cc(O)c(O)c(O)c3)[o+]c2c1.Oc1cc(O)c2cc(O)c(-c3cc(O)c(O)c(O)c3)[o+]c2c1. The molecule has 0 bridgehead atoms. The van der Waals surface area contributed by atoms with Crippen molar-refractivity contribution in [1.82, 2.24) is 0 Å². The van der Waals surface area contributed by atoms with Crippen LogP contribution in [0.15, 0.2) is 69.5 Å². The molecular weight excluding hydrogens is 584 g/mol. The van der Waals surface area contributed by atoms with Crippen LogP contribution in [0.4, 0.5) is 0 Å². The van der Waals surface area contributed by atoms with E-state index in [-0.39, 0.29) is 79.1 Å². The summed E-state index contributed by atoms with van der Waals surface area (Å²) in [7, 11) is 0. The second kappa shape index (κ2) is 10.6. The number of rotatable bonds is 2. The van der Waals surface area contributed by atoms with Crippen molar-refractivity contribution in [2.75, 3.05) is 0 Å². The predicted octanol–water partition coefficient (Wildman–Crippen LogP) is 5.23. The molecule has 0 aliphatic carbocycles. The van der Waals surface area contributed by atoms with E-state index in [2.05, 4.69) is 0 Å². The van der Waals surface area contributed by atoms with Gasteiger partial charge in [0.25, 0.3) is 0 Å². The van der Waals surface area contributed by atoms with Crippen LogP contribution >= 0.6 is 0 Å². The number of aromatic hydroxyl groups is 12. The molecule has 0 fully saturated rings. The molecule has 0 saturated carbocycles. The van der Waals surface area contributed by atoms with Gasteiger partial charge < -0.3 is 61.3 Å². The van der Waals surface area contributed by atoms with Gasteiger partial charge in [-0.1, -0.05) is 0 Å². The van der Waals surface area contributed by atoms with Crippen LogP contribution in [-0.2, 0) is 0 Å². The highest BCUT2D eigenvalue weighted by Gasteiger charge is 2.27. The molecule has 0 atom stereocenters. The fourth-order valence-electron chi connectivity index (χ4n) is 4.27. The Bertz CT molecular complexity index is 1910. The van der Waals surface area contributed by atoms with E-state index in [1.165, 1.54) is 24.3 Å². The minimum Gasteiger partial charge on any atom is -0.507 e. The molecule has 2 heterocycles. The Morgan fingerprint density at radius 1 is 0.318 bits per heavy atom. The van der Waals surface area contributed by atoms with Crippen LogP contribution in [0, 0.1) is 0 Å². The zero-order chi connectivity index (χ0) is 32.0. The largest absolute Gasteiger partial charge is 0.507 e. The van der Waals surface area contributed by atoms with Crippen LogP contribution in [0.1, 0.15) is 0 Å². The Morgan fingerprint density at radius 3 is 0.955 bits per heavy atom. The molecule has 0 aliphatic rings. The van der Waals surface area contributed by atoms with Crippen molar-refractivity contribution in [2.24, 2.45) is 0 Å². The van der Waals surface area contributed by atoms with Gasteiger partial charge in [0.15, 0.2) is 34.5 Å². The summed E-state index contributed by atoms with van der Waals surface area (Å²) in [5.74, 6) is -5.77. The summed E-state index contributed by atoms with van der Waals surface area (Å²) in [4.78, 5) is 0. The molecule has 0 spiro atoms. The van der Waals surface area contributed by atoms with Crippen molar-refractivity contribution in [1.29, 1.82) is 0 Å². The third-order valence-electron chi connectivity index (χ3n) is 6.33. The highest BCUT2D eigenvalue weighted by Crippen LogP contribution is 2.45. The fourth-order valence-corrected chi connectivity index (χ4v) is 4.27. The molecule has 0 radical (unpaired) electrons. The first-order valence-corrected chi connectivity index (χ1v) is 12.3. The van der Waals surface area contributed by atoms with Gasteiger partial charge in [0, 0.05) is 48.5 Å². The minimum absolute atomic E-state index is 0.0809. The maximum atomic E-state index is 10.0. The first-order chi connectivity index (χ1) is 20.7. The standard InChI is InChI=1S/2C15H10O7/c2*16-7-3-9(17)8-5-12(20)15(22-13(8)4-7)6-1-10(18)14(21)11(19)2-6/h2*1-5H,(H5-,16,17,18,19,20,21)/p+2. The fraction of sp³-hybridized carbons (Fsp3) is 0. The third-order valence-corrected chi connectivity index (χ3v) is 6.33. The zero-order valence-corrected chi connectivity index (χ0v) is 22.0. The van der Waals surface area contributed by atoms with Crippen molar-refractivity contribution in [3.8, 4) is 91.6 Å². The normalized spacial score (nSPS) is 10.9. The van der Waals surface area contributed by atoms with Gasteiger partial charge in [0.05, 0.1) is 23.3 Å². The maximum absolute atomic E-state index is 10.0. The minimum atomic E-state index is -0.695. The quantitative estimate of drug-likeness (QED) is 0.0889. The molecule has 0 saturated heterocycles. The average molecular weight is 606 g/mol. The van der Waals surface area contributed by atoms with Crippen molar-refractivity contribution in [3.63, 3.8) is 0 Å². The maximum Gasteiger partial charge on any atom is 0.402 e. The molecule has 6 aromatic rings. The first-order valence-electron chi connectivity index (χ1n) is 12.3. The summed E-state index contributed by atoms with van der Waals surface area (Å²) < 4.78 is 10.8. The second-order valence-corrected chi connectivity index (χ2v) is 9.40. The van der Waals surface area contributed by atoms with Crippen LogP contribution in [0.5, 0.6) is 69.0 Å². The van der Waals surface area contributed by atoms with Gasteiger partial charge in [-0.2, -0.15) is 0 Å². The van der Waals surface area contributed by atoms with Gasteiger partial charge in [-0.15, -0.1) is 0 Å². The van der Waals surface area contributed by atoms with E-state index in [1.54, 1.807) is 0 Å². The summed E-state index contributed by atoms with van der Waals surface area (Å²) in [6, 6.07) is 11.4. The van der Waals surface area contributed by atoms with Gasteiger partial charge in [-0.05, 0) is 0 Å². The molecule has 44 heavy (non-hydrogen) atoms. The van der Waals surface area contributed by atoms with E-state index in [4.69, 9.17) is 8.83 Å². The molecule has 12 N–H and O–H groups in total. The Kier molecular flexibility index (Phi) is 6.95. The van der Waals surface area contributed by atoms with Crippen molar-refractivity contribution in [2.45, 2.75) is 0 Å². The molecule has 2 aromatic heterocycles. The van der Waals surface area contributed by atoms with E-state index in [9.17, 15) is 61.3 Å². The van der Waals surface area contributed by atoms with Crippen LogP contribution in [0.2, 0.25) is 0 Å². The molecule has 0 unspecified atom stereocenters. The van der Waals surface area contributed by atoms with E-state index in [0.29, 0.717) is 0 Å². The van der Waals surface area contributed by atoms with Gasteiger partial charge in [-0.25, -0.2) is 8.83 Å². The second-order valence-electron chi connectivity index (χ2n) is 9.40. The summed E-state index contributed by atoms with van der Waals surface area (Å²) in [6.45, 7) is 0. The molecular formula is C30H22O14+2. The number of phenolic OH excluding ortho intramolecular Hbond substituents is 10. The lowest BCUT2D eigenvalue weighted by Gasteiger charge is -2.03. The Hall–Kier alpha value is -6.70. The number of hydrogen-bond acceptors (Lipinski definition) is 12. The van der Waals surface area contributed by atoms with E-state index in [0.717, 1.165) is 36.4 Å². The van der Waals surface area contributed by atoms with Gasteiger partial charge in [0.2, 0.25) is 11.5 Å². The predicted molar refractivity (Wildman–Crippen MR) is 152 cm³/mol. The monoisotopic (exact) mass is 606 g/mol. The third kappa shape index (κ3) is 5.21. The number of hydrogen-bond donors (Lipinski definition) is 12. The smallest absolute Gasteiger partial charge is 0.402 e. The topological polar surface area (TPSA) is 265 Å². The summed E-state index contributed by atoms with van der Waals surface area (Å²) >= 11 is 0. The van der Waals surface area contributed by atoms with Crippen LogP contribution < -0.4 is 0 Å². The van der Waals surface area contributed by atoms with E-state index < -0.39 is 34.5 Å². The Balaban J connectivity index is 0.000000175. The lowest BCUT2D eigenvalue weighted by atomic mass is 10.1. The van der Waals surface area contributed by atoms with Gasteiger partial charge in [-0.3, -0.25) is 0 Å². The summed E-state index contributed by atoms with van der Waals surface area (Å²) in [5.41, 5.74) is 0.347. The molecule has 6 rings (SSSR count). The zero-order valence-electron chi connectivity index (χ0n) is 22.0. The lowest BCUT2D eigenvalue weighted by Crippen LogP contribution is -1.83. The molecule has 224 valence electrons. The number of fused-ring (bicyclic) bond motifs is 2. The first kappa shape index (κ1) is 28.8. The van der Waals surface area contributed by atoms with Crippen LogP contribution in [0.25, 0.3) is 44.6 Å². The number of phenols is 10. The van der Waals surface area contributed by atoms with Gasteiger partial charge >= 0.3 is 22.7 Å². The van der Waals surface area contributed by atoms with Crippen molar-refractivity contribution >= 4 is 21.9 Å². The Morgan fingerprint density at radius 2 is 0.636 bits per heavy atom. The Labute approximate surface area is 244 Å². The van der Waals surface area contributed by atoms with Crippen LogP contribution in [0.3, 0.4) is 0 Å². The summed E-state index contributed by atoms with van der Waals surface area (Å²) in [5, 5.41) is 116. The molecule has 14 heteroatoms. The van der Waals surface area contributed by atoms with E-state index >= 15 is 0 Å². The van der Waals surface area contributed by atoms with E-state index in [1.807, 2.05) is 0 Å². The summed E-state index contributed by atoms with van der Waals surface area (Å²) in [6.07, 6.45) is 0. The van der Waals surface area contributed by atoms with Crippen molar-refractivity contribution < 1.29 is 70.1 Å².